The number of nitrogens with zero attached hydrogens (tertiary/aromatic N) is 1. The summed E-state index contributed by atoms with van der Waals surface area (Å²) >= 11 is 0. The number of aliphatic hydroxyl groups is 1. The second kappa shape index (κ2) is 6.11. The van der Waals surface area contributed by atoms with Crippen molar-refractivity contribution in [1.29, 1.82) is 0 Å². The topological polar surface area (TPSA) is 49.5 Å². The fourth-order valence-electron chi connectivity index (χ4n) is 3.81. The highest BCUT2D eigenvalue weighted by Crippen LogP contribution is 2.40. The summed E-state index contributed by atoms with van der Waals surface area (Å²) in [7, 11) is 0. The molecule has 1 aliphatic carbocycles. The number of rotatable bonds is 2. The number of nitrogens with two attached hydrogens (primary N) is 1. The molecule has 112 valence electrons. The van der Waals surface area contributed by atoms with Gasteiger partial charge in [-0.15, -0.1) is 0 Å². The van der Waals surface area contributed by atoms with Crippen LogP contribution in [0.5, 0.6) is 0 Å². The summed E-state index contributed by atoms with van der Waals surface area (Å²) in [4.78, 5) is 2.43. The van der Waals surface area contributed by atoms with Crippen molar-refractivity contribution in [2.75, 3.05) is 19.6 Å². The van der Waals surface area contributed by atoms with Crippen molar-refractivity contribution in [2.45, 2.75) is 65.0 Å². The summed E-state index contributed by atoms with van der Waals surface area (Å²) in [6, 6.07) is 0.359. The first-order chi connectivity index (χ1) is 8.86. The molecule has 2 aliphatic rings. The van der Waals surface area contributed by atoms with E-state index < -0.39 is 0 Å². The number of hydrogen-bond acceptors (Lipinski definition) is 3. The normalized spacial score (nSPS) is 38.4. The smallest absolute Gasteiger partial charge is 0.0667 e. The molecule has 0 aromatic heterocycles. The van der Waals surface area contributed by atoms with Crippen molar-refractivity contribution < 1.29 is 5.11 Å². The Hall–Kier alpha value is -0.120. The number of aliphatic hydroxyl groups excluding tert-OH is 1. The fraction of sp³-hybridized carbons (Fsp3) is 1.00. The minimum Gasteiger partial charge on any atom is -0.392 e. The van der Waals surface area contributed by atoms with E-state index in [1.165, 1.54) is 19.3 Å². The Labute approximate surface area is 118 Å². The van der Waals surface area contributed by atoms with Crippen LogP contribution in [-0.4, -0.2) is 41.8 Å². The predicted octanol–water partition coefficient (Wildman–Crippen LogP) is 2.23. The van der Waals surface area contributed by atoms with Gasteiger partial charge in [-0.05, 0) is 55.9 Å². The fourth-order valence-corrected chi connectivity index (χ4v) is 3.81. The number of piperidine rings is 1. The van der Waals surface area contributed by atoms with E-state index in [-0.39, 0.29) is 6.10 Å². The van der Waals surface area contributed by atoms with Crippen LogP contribution in [0.1, 0.15) is 52.9 Å². The predicted molar refractivity (Wildman–Crippen MR) is 79.9 cm³/mol. The number of likely N-dealkylation sites (tertiary alicyclic amines) is 1. The zero-order valence-corrected chi connectivity index (χ0v) is 12.9. The van der Waals surface area contributed by atoms with Gasteiger partial charge in [0.1, 0.15) is 0 Å². The van der Waals surface area contributed by atoms with Gasteiger partial charge < -0.3 is 15.7 Å². The van der Waals surface area contributed by atoms with Crippen LogP contribution in [0.2, 0.25) is 0 Å². The van der Waals surface area contributed by atoms with Gasteiger partial charge in [0, 0.05) is 19.1 Å². The van der Waals surface area contributed by atoms with Crippen molar-refractivity contribution in [3.8, 4) is 0 Å². The van der Waals surface area contributed by atoms with E-state index in [1.54, 1.807) is 0 Å². The lowest BCUT2D eigenvalue weighted by Crippen LogP contribution is -2.48. The van der Waals surface area contributed by atoms with Crippen molar-refractivity contribution in [3.05, 3.63) is 0 Å². The second-order valence-corrected chi connectivity index (χ2v) is 7.86. The Morgan fingerprint density at radius 2 is 1.95 bits per heavy atom. The molecule has 2 fully saturated rings. The second-order valence-electron chi connectivity index (χ2n) is 7.86. The van der Waals surface area contributed by atoms with E-state index in [0.29, 0.717) is 17.4 Å². The molecular formula is C16H32N2O. The van der Waals surface area contributed by atoms with Gasteiger partial charge in [-0.3, -0.25) is 0 Å². The average Bonchev–Trinajstić information content (AvgIpc) is 2.30. The maximum atomic E-state index is 9.78. The monoisotopic (exact) mass is 268 g/mol. The van der Waals surface area contributed by atoms with Gasteiger partial charge in [-0.25, -0.2) is 0 Å². The van der Waals surface area contributed by atoms with E-state index in [2.05, 4.69) is 25.7 Å². The lowest BCUT2D eigenvalue weighted by Gasteiger charge is -2.43. The molecule has 1 saturated heterocycles. The SMILES string of the molecule is CC(C)(C)C1CCC(N)C(CN2CCCC(O)C2)C1. The van der Waals surface area contributed by atoms with Crippen LogP contribution in [0.4, 0.5) is 0 Å². The van der Waals surface area contributed by atoms with Crippen LogP contribution in [0.15, 0.2) is 0 Å². The maximum Gasteiger partial charge on any atom is 0.0667 e. The highest BCUT2D eigenvalue weighted by atomic mass is 16.3. The molecule has 0 amide bonds. The third-order valence-electron chi connectivity index (χ3n) is 5.24. The Bertz CT molecular complexity index is 287. The van der Waals surface area contributed by atoms with E-state index in [9.17, 15) is 5.11 Å². The molecule has 3 heteroatoms. The van der Waals surface area contributed by atoms with Crippen molar-refractivity contribution in [3.63, 3.8) is 0 Å². The summed E-state index contributed by atoms with van der Waals surface area (Å²) < 4.78 is 0. The first-order valence-electron chi connectivity index (χ1n) is 8.02. The zero-order valence-electron chi connectivity index (χ0n) is 12.9. The molecule has 0 radical (unpaired) electrons. The maximum absolute atomic E-state index is 9.78. The van der Waals surface area contributed by atoms with E-state index in [1.807, 2.05) is 0 Å². The summed E-state index contributed by atoms with van der Waals surface area (Å²) in [5.41, 5.74) is 6.75. The largest absolute Gasteiger partial charge is 0.392 e. The highest BCUT2D eigenvalue weighted by molar-refractivity contribution is 4.89. The third kappa shape index (κ3) is 4.17. The van der Waals surface area contributed by atoms with Crippen LogP contribution >= 0.6 is 0 Å². The molecule has 3 nitrogen and oxygen atoms in total. The van der Waals surface area contributed by atoms with Gasteiger partial charge in [0.25, 0.3) is 0 Å². The molecule has 19 heavy (non-hydrogen) atoms. The summed E-state index contributed by atoms with van der Waals surface area (Å²) in [6.45, 7) is 10.2. The molecule has 1 aliphatic heterocycles. The van der Waals surface area contributed by atoms with Crippen molar-refractivity contribution in [1.82, 2.24) is 4.90 Å². The lowest BCUT2D eigenvalue weighted by atomic mass is 9.67. The van der Waals surface area contributed by atoms with Gasteiger partial charge in [0.05, 0.1) is 6.10 Å². The molecule has 1 saturated carbocycles. The van der Waals surface area contributed by atoms with Crippen LogP contribution in [0.25, 0.3) is 0 Å². The molecule has 3 N–H and O–H groups in total. The standard InChI is InChI=1S/C16H32N2O/c1-16(2,3)13-6-7-15(17)12(9-13)10-18-8-4-5-14(19)11-18/h12-15,19H,4-11,17H2,1-3H3. The summed E-state index contributed by atoms with van der Waals surface area (Å²) in [5, 5.41) is 9.78. The third-order valence-corrected chi connectivity index (χ3v) is 5.24. The van der Waals surface area contributed by atoms with E-state index in [4.69, 9.17) is 5.73 Å². The van der Waals surface area contributed by atoms with Crippen LogP contribution in [0, 0.1) is 17.3 Å². The van der Waals surface area contributed by atoms with Crippen LogP contribution in [-0.2, 0) is 0 Å². The molecule has 0 spiro atoms. The molecule has 4 atom stereocenters. The molecular weight excluding hydrogens is 236 g/mol. The number of β-amino-alcohol motifs (C(OH)–C–C–N with tert-alkyl or cyclic N) is 1. The Morgan fingerprint density at radius 1 is 1.21 bits per heavy atom. The molecule has 0 aromatic carbocycles. The quantitative estimate of drug-likeness (QED) is 0.807. The van der Waals surface area contributed by atoms with Gasteiger partial charge in [-0.2, -0.15) is 0 Å². The number of hydrogen-bond donors (Lipinski definition) is 2. The minimum atomic E-state index is -0.119. The van der Waals surface area contributed by atoms with Gasteiger partial charge >= 0.3 is 0 Å². The van der Waals surface area contributed by atoms with Gasteiger partial charge in [0.2, 0.25) is 0 Å². The first-order valence-corrected chi connectivity index (χ1v) is 8.02. The van der Waals surface area contributed by atoms with Crippen molar-refractivity contribution in [2.24, 2.45) is 23.0 Å². The van der Waals surface area contributed by atoms with Gasteiger partial charge in [-0.1, -0.05) is 20.8 Å². The Kier molecular flexibility index (Phi) is 4.91. The Morgan fingerprint density at radius 3 is 2.58 bits per heavy atom. The van der Waals surface area contributed by atoms with Crippen LogP contribution in [0.3, 0.4) is 0 Å². The molecule has 1 heterocycles. The molecule has 0 aromatic rings. The van der Waals surface area contributed by atoms with E-state index >= 15 is 0 Å². The Balaban J connectivity index is 1.90. The molecule has 2 rings (SSSR count). The van der Waals surface area contributed by atoms with Gasteiger partial charge in [0.15, 0.2) is 0 Å². The lowest BCUT2D eigenvalue weighted by molar-refractivity contribution is 0.0426. The van der Waals surface area contributed by atoms with Crippen LogP contribution < -0.4 is 5.73 Å². The van der Waals surface area contributed by atoms with E-state index in [0.717, 1.165) is 38.4 Å². The summed E-state index contributed by atoms with van der Waals surface area (Å²) in [6.07, 6.45) is 5.69. The summed E-state index contributed by atoms with van der Waals surface area (Å²) in [5.74, 6) is 1.41. The average molecular weight is 268 g/mol. The van der Waals surface area contributed by atoms with Crippen molar-refractivity contribution >= 4 is 0 Å². The highest BCUT2D eigenvalue weighted by Gasteiger charge is 2.35. The molecule has 4 unspecified atom stereocenters. The first kappa shape index (κ1) is 15.3. The zero-order chi connectivity index (χ0) is 14.0. The molecule has 0 bridgehead atoms. The minimum absolute atomic E-state index is 0.119.